The Morgan fingerprint density at radius 1 is 1.00 bits per heavy atom. The van der Waals surface area contributed by atoms with Gasteiger partial charge in [-0.25, -0.2) is 0 Å². The Labute approximate surface area is 116 Å². The van der Waals surface area contributed by atoms with Gasteiger partial charge in [0.15, 0.2) is 0 Å². The van der Waals surface area contributed by atoms with E-state index in [4.69, 9.17) is 0 Å². The summed E-state index contributed by atoms with van der Waals surface area (Å²) in [6, 6.07) is 0. The molecule has 0 radical (unpaired) electrons. The van der Waals surface area contributed by atoms with Crippen LogP contribution in [0, 0.1) is 5.92 Å². The summed E-state index contributed by atoms with van der Waals surface area (Å²) in [5, 5.41) is 0. The normalized spacial score (nSPS) is 14.4. The summed E-state index contributed by atoms with van der Waals surface area (Å²) < 4.78 is 11.0. The van der Waals surface area contributed by atoms with Crippen LogP contribution >= 0.6 is 0 Å². The van der Waals surface area contributed by atoms with Gasteiger partial charge < -0.3 is 9.35 Å². The Balaban J connectivity index is 3.25. The lowest BCUT2D eigenvalue weighted by molar-refractivity contribution is -0.110. The number of unbranched alkanes of at least 4 members (excludes halogenated alkanes) is 8. The molecule has 0 bridgehead atoms. The Hall–Kier alpha value is -0.0200. The first kappa shape index (κ1) is 18.0. The van der Waals surface area contributed by atoms with Gasteiger partial charge in [-0.15, -0.1) is 0 Å². The van der Waals surface area contributed by atoms with E-state index in [1.165, 1.54) is 51.4 Å². The molecule has 0 saturated carbocycles. The van der Waals surface area contributed by atoms with Crippen molar-refractivity contribution in [2.75, 3.05) is 12.0 Å². The molecule has 0 heterocycles. The van der Waals surface area contributed by atoms with Crippen LogP contribution in [0.25, 0.3) is 0 Å². The summed E-state index contributed by atoms with van der Waals surface area (Å²) >= 11 is -0.840. The molecule has 0 aromatic carbocycles. The molecule has 0 N–H and O–H groups in total. The van der Waals surface area contributed by atoms with Crippen molar-refractivity contribution >= 4 is 17.5 Å². The van der Waals surface area contributed by atoms with Gasteiger partial charge in [0, 0.05) is 0 Å². The summed E-state index contributed by atoms with van der Waals surface area (Å²) in [5.41, 5.74) is 0. The van der Waals surface area contributed by atoms with Crippen molar-refractivity contribution in [1.82, 2.24) is 0 Å². The average Bonchev–Trinajstić information content (AvgIpc) is 2.35. The number of carbonyl (C=O) groups is 1. The molecule has 2 nitrogen and oxygen atoms in total. The Kier molecular flexibility index (Phi) is 13.4. The van der Waals surface area contributed by atoms with Gasteiger partial charge in [-0.1, -0.05) is 75.9 Å². The maximum Gasteiger partial charge on any atom is 0.127 e. The second-order valence-electron chi connectivity index (χ2n) is 5.25. The van der Waals surface area contributed by atoms with E-state index in [1.54, 1.807) is 6.26 Å². The highest BCUT2D eigenvalue weighted by molar-refractivity contribution is 7.90. The molecule has 0 aliphatic heterocycles. The van der Waals surface area contributed by atoms with Crippen molar-refractivity contribution in [3.05, 3.63) is 0 Å². The van der Waals surface area contributed by atoms with Gasteiger partial charge in [0.05, 0.1) is 12.2 Å². The molecular weight excluding hydrogens is 244 g/mol. The van der Waals surface area contributed by atoms with Crippen molar-refractivity contribution in [3.63, 3.8) is 0 Å². The zero-order valence-electron chi connectivity index (χ0n) is 12.2. The number of hydrogen-bond donors (Lipinski definition) is 0. The van der Waals surface area contributed by atoms with Gasteiger partial charge in [0.1, 0.15) is 12.0 Å². The molecule has 0 saturated heterocycles. The molecule has 3 heteroatoms. The standard InChI is InChI=1S/C15H30O2S/c1-3-4-5-6-7-8-9-10-11-12-15(13-16)14-18(2)17/h13,15H,3-12,14H2,1-2H3. The molecule has 0 aromatic heterocycles. The van der Waals surface area contributed by atoms with Gasteiger partial charge in [0.25, 0.3) is 0 Å². The topological polar surface area (TPSA) is 40.1 Å². The van der Waals surface area contributed by atoms with Crippen LogP contribution in [0.1, 0.15) is 71.1 Å². The van der Waals surface area contributed by atoms with E-state index in [0.29, 0.717) is 5.75 Å². The zero-order chi connectivity index (χ0) is 13.6. The maximum absolute atomic E-state index is 11.0. The maximum atomic E-state index is 11.0. The van der Waals surface area contributed by atoms with E-state index in [1.807, 2.05) is 0 Å². The average molecular weight is 274 g/mol. The monoisotopic (exact) mass is 274 g/mol. The largest absolute Gasteiger partial charge is 0.617 e. The summed E-state index contributed by atoms with van der Waals surface area (Å²) in [6.07, 6.45) is 15.3. The highest BCUT2D eigenvalue weighted by Crippen LogP contribution is 2.13. The molecule has 0 aromatic rings. The Morgan fingerprint density at radius 2 is 1.50 bits per heavy atom. The second kappa shape index (κ2) is 13.4. The molecule has 0 aliphatic rings. The van der Waals surface area contributed by atoms with Gasteiger partial charge in [-0.05, 0) is 6.42 Å². The summed E-state index contributed by atoms with van der Waals surface area (Å²) in [6.45, 7) is 2.24. The summed E-state index contributed by atoms with van der Waals surface area (Å²) in [4.78, 5) is 10.8. The predicted molar refractivity (Wildman–Crippen MR) is 80.3 cm³/mol. The molecule has 0 aliphatic carbocycles. The van der Waals surface area contributed by atoms with Crippen LogP contribution in [-0.2, 0) is 16.0 Å². The lowest BCUT2D eigenvalue weighted by Gasteiger charge is -2.11. The smallest absolute Gasteiger partial charge is 0.127 e. The molecule has 0 fully saturated rings. The third kappa shape index (κ3) is 12.4. The van der Waals surface area contributed by atoms with Gasteiger partial charge in [-0.3, -0.25) is 0 Å². The fraction of sp³-hybridized carbons (Fsp3) is 0.933. The van der Waals surface area contributed by atoms with Crippen molar-refractivity contribution in [2.24, 2.45) is 5.92 Å². The van der Waals surface area contributed by atoms with E-state index in [-0.39, 0.29) is 5.92 Å². The first-order chi connectivity index (χ1) is 8.70. The second-order valence-corrected chi connectivity index (χ2v) is 6.73. The minimum Gasteiger partial charge on any atom is -0.617 e. The predicted octanol–water partition coefficient (Wildman–Crippen LogP) is 4.10. The summed E-state index contributed by atoms with van der Waals surface area (Å²) in [7, 11) is 0. The molecular formula is C15H30O2S. The number of rotatable bonds is 13. The molecule has 2 atom stereocenters. The van der Waals surface area contributed by atoms with Crippen molar-refractivity contribution in [1.29, 1.82) is 0 Å². The fourth-order valence-electron chi connectivity index (χ4n) is 2.21. The zero-order valence-corrected chi connectivity index (χ0v) is 13.0. The fourth-order valence-corrected chi connectivity index (χ4v) is 3.06. The molecule has 0 rings (SSSR count). The lowest BCUT2D eigenvalue weighted by Crippen LogP contribution is -2.16. The van der Waals surface area contributed by atoms with Crippen molar-refractivity contribution < 1.29 is 9.35 Å². The van der Waals surface area contributed by atoms with Crippen molar-refractivity contribution in [3.8, 4) is 0 Å². The SMILES string of the molecule is CCCCCCCCCCCC(C=O)C[S+](C)[O-]. The van der Waals surface area contributed by atoms with Gasteiger partial charge >= 0.3 is 0 Å². The van der Waals surface area contributed by atoms with Crippen LogP contribution in [-0.4, -0.2) is 22.8 Å². The highest BCUT2D eigenvalue weighted by Gasteiger charge is 2.12. The molecule has 108 valence electrons. The number of aldehydes is 1. The van der Waals surface area contributed by atoms with E-state index in [0.717, 1.165) is 19.1 Å². The van der Waals surface area contributed by atoms with E-state index < -0.39 is 11.2 Å². The third-order valence-electron chi connectivity index (χ3n) is 3.32. The van der Waals surface area contributed by atoms with Gasteiger partial charge in [-0.2, -0.15) is 0 Å². The third-order valence-corrected chi connectivity index (χ3v) is 4.22. The molecule has 2 unspecified atom stereocenters. The Morgan fingerprint density at radius 3 is 1.94 bits per heavy atom. The first-order valence-electron chi connectivity index (χ1n) is 7.46. The Bertz CT molecular complexity index is 183. The minimum absolute atomic E-state index is 0.0142. The minimum atomic E-state index is -0.840. The van der Waals surface area contributed by atoms with Crippen LogP contribution in [0.4, 0.5) is 0 Å². The van der Waals surface area contributed by atoms with Gasteiger partial charge in [0.2, 0.25) is 0 Å². The van der Waals surface area contributed by atoms with E-state index >= 15 is 0 Å². The van der Waals surface area contributed by atoms with Crippen molar-refractivity contribution in [2.45, 2.75) is 71.1 Å². The highest BCUT2D eigenvalue weighted by atomic mass is 32.2. The first-order valence-corrected chi connectivity index (χ1v) is 9.18. The van der Waals surface area contributed by atoms with E-state index in [9.17, 15) is 9.35 Å². The van der Waals surface area contributed by atoms with Crippen LogP contribution in [0.2, 0.25) is 0 Å². The molecule has 0 amide bonds. The van der Waals surface area contributed by atoms with Crippen LogP contribution < -0.4 is 0 Å². The lowest BCUT2D eigenvalue weighted by atomic mass is 10.0. The van der Waals surface area contributed by atoms with Crippen LogP contribution in [0.5, 0.6) is 0 Å². The van der Waals surface area contributed by atoms with E-state index in [2.05, 4.69) is 6.92 Å². The van der Waals surface area contributed by atoms with Crippen LogP contribution in [0.3, 0.4) is 0 Å². The number of carbonyl (C=O) groups excluding carboxylic acids is 1. The summed E-state index contributed by atoms with van der Waals surface area (Å²) in [5.74, 6) is 0.556. The quantitative estimate of drug-likeness (QED) is 0.288. The molecule has 0 spiro atoms. The number of hydrogen-bond acceptors (Lipinski definition) is 2. The molecule has 18 heavy (non-hydrogen) atoms. The van der Waals surface area contributed by atoms with Crippen LogP contribution in [0.15, 0.2) is 0 Å².